The largest absolute Gasteiger partial charge is 0.327 e. The molecule has 0 aromatic heterocycles. The van der Waals surface area contributed by atoms with Crippen molar-refractivity contribution in [2.45, 2.75) is 5.79 Å². The van der Waals surface area contributed by atoms with E-state index in [4.69, 9.17) is 22.6 Å². The van der Waals surface area contributed by atoms with Crippen molar-refractivity contribution in [2.75, 3.05) is 0 Å². The highest BCUT2D eigenvalue weighted by atomic mass is 35.5. The summed E-state index contributed by atoms with van der Waals surface area (Å²) < 4.78 is 0. The molecule has 0 aromatic carbocycles. The molecule has 0 saturated heterocycles. The van der Waals surface area contributed by atoms with Crippen molar-refractivity contribution in [1.29, 1.82) is 5.26 Å². The first-order valence-electron chi connectivity index (χ1n) is 2.56. The Morgan fingerprint density at radius 3 is 3.00 bits per heavy atom. The molecule has 1 unspecified atom stereocenters. The first-order chi connectivity index (χ1) is 4.66. The molecule has 52 valence electrons. The Morgan fingerprint density at radius 2 is 2.60 bits per heavy atom. The van der Waals surface area contributed by atoms with Gasteiger partial charge in [0.2, 0.25) is 0 Å². The van der Waals surface area contributed by atoms with Crippen molar-refractivity contribution in [3.63, 3.8) is 0 Å². The molecule has 0 saturated carbocycles. The topological polar surface area (TPSA) is 74.2 Å². The van der Waals surface area contributed by atoms with Crippen LogP contribution in [0.4, 0.5) is 0 Å². The average Bonchev–Trinajstić information content (AvgIpc) is 1.88. The molecule has 4 nitrogen and oxygen atoms in total. The van der Waals surface area contributed by atoms with Crippen LogP contribution in [0.3, 0.4) is 0 Å². The number of hydrogen-bond acceptors (Lipinski definition) is 4. The van der Waals surface area contributed by atoms with Crippen LogP contribution in [-0.4, -0.2) is 12.0 Å². The van der Waals surface area contributed by atoms with Crippen LogP contribution in [0.25, 0.3) is 0 Å². The second-order valence-corrected chi connectivity index (χ2v) is 2.20. The molecule has 1 rings (SSSR count). The van der Waals surface area contributed by atoms with Crippen LogP contribution < -0.4 is 11.1 Å². The standard InChI is InChI=1S/C5H5ClN4/c6-4-1-2-9-5(8,3-7)10-4/h1-2,10H,8H2. The lowest BCUT2D eigenvalue weighted by Gasteiger charge is -2.20. The Morgan fingerprint density at radius 1 is 1.90 bits per heavy atom. The smallest absolute Gasteiger partial charge is 0.274 e. The SMILES string of the molecule is N#CC1(N)N=CC=C(Cl)N1. The monoisotopic (exact) mass is 156 g/mol. The summed E-state index contributed by atoms with van der Waals surface area (Å²) in [6.07, 6.45) is 2.91. The van der Waals surface area contributed by atoms with E-state index in [1.54, 1.807) is 6.07 Å². The van der Waals surface area contributed by atoms with E-state index >= 15 is 0 Å². The molecule has 0 spiro atoms. The predicted molar refractivity (Wildman–Crippen MR) is 38.1 cm³/mol. The third-order valence-electron chi connectivity index (χ3n) is 0.979. The summed E-state index contributed by atoms with van der Waals surface area (Å²) in [4.78, 5) is 3.65. The number of halogens is 1. The van der Waals surface area contributed by atoms with Gasteiger partial charge in [0.25, 0.3) is 5.79 Å². The maximum atomic E-state index is 8.43. The Hall–Kier alpha value is -1.05. The lowest BCUT2D eigenvalue weighted by molar-refractivity contribution is 0.503. The fraction of sp³-hybridized carbons (Fsp3) is 0.200. The van der Waals surface area contributed by atoms with Gasteiger partial charge in [0.1, 0.15) is 11.2 Å². The average molecular weight is 157 g/mol. The lowest BCUT2D eigenvalue weighted by Crippen LogP contribution is -2.50. The molecule has 1 heterocycles. The van der Waals surface area contributed by atoms with Crippen molar-refractivity contribution in [3.05, 3.63) is 11.2 Å². The normalized spacial score (nSPS) is 30.3. The van der Waals surface area contributed by atoms with Gasteiger partial charge in [-0.05, 0) is 6.08 Å². The van der Waals surface area contributed by atoms with E-state index < -0.39 is 5.79 Å². The van der Waals surface area contributed by atoms with Gasteiger partial charge in [0, 0.05) is 6.21 Å². The molecule has 0 radical (unpaired) electrons. The van der Waals surface area contributed by atoms with Crippen molar-refractivity contribution in [1.82, 2.24) is 5.32 Å². The Labute approximate surface area is 63.0 Å². The Bertz CT molecular complexity index is 239. The van der Waals surface area contributed by atoms with Gasteiger partial charge in [-0.1, -0.05) is 11.6 Å². The summed E-state index contributed by atoms with van der Waals surface area (Å²) >= 11 is 5.51. The molecule has 10 heavy (non-hydrogen) atoms. The summed E-state index contributed by atoms with van der Waals surface area (Å²) in [5, 5.41) is 11.2. The molecule has 1 atom stereocenters. The van der Waals surface area contributed by atoms with Crippen molar-refractivity contribution >= 4 is 17.8 Å². The second kappa shape index (κ2) is 2.29. The Balaban J connectivity index is 2.84. The number of nitrogens with two attached hydrogens (primary N) is 1. The van der Waals surface area contributed by atoms with Crippen LogP contribution >= 0.6 is 11.6 Å². The Kier molecular flexibility index (Phi) is 1.62. The van der Waals surface area contributed by atoms with Crippen molar-refractivity contribution < 1.29 is 0 Å². The summed E-state index contributed by atoms with van der Waals surface area (Å²) in [5.41, 5.74) is 5.35. The molecule has 0 fully saturated rings. The van der Waals surface area contributed by atoms with Crippen LogP contribution in [0.5, 0.6) is 0 Å². The zero-order valence-corrected chi connectivity index (χ0v) is 5.76. The van der Waals surface area contributed by atoms with Crippen molar-refractivity contribution in [2.24, 2.45) is 10.7 Å². The first kappa shape index (κ1) is 7.06. The van der Waals surface area contributed by atoms with E-state index in [1.165, 1.54) is 12.3 Å². The van der Waals surface area contributed by atoms with E-state index in [2.05, 4.69) is 10.3 Å². The van der Waals surface area contributed by atoms with Gasteiger partial charge >= 0.3 is 0 Å². The number of nitrogens with one attached hydrogen (secondary N) is 1. The fourth-order valence-corrected chi connectivity index (χ4v) is 0.733. The molecule has 0 amide bonds. The van der Waals surface area contributed by atoms with Gasteiger partial charge in [-0.15, -0.1) is 0 Å². The van der Waals surface area contributed by atoms with E-state index in [1.807, 2.05) is 0 Å². The van der Waals surface area contributed by atoms with Gasteiger partial charge in [-0.25, -0.2) is 4.99 Å². The van der Waals surface area contributed by atoms with Crippen molar-refractivity contribution in [3.8, 4) is 6.07 Å². The van der Waals surface area contributed by atoms with Gasteiger partial charge in [0.05, 0.1) is 0 Å². The maximum absolute atomic E-state index is 8.43. The van der Waals surface area contributed by atoms with Crippen LogP contribution in [0.2, 0.25) is 0 Å². The molecule has 0 aliphatic carbocycles. The summed E-state index contributed by atoms with van der Waals surface area (Å²) in [6.45, 7) is 0. The summed E-state index contributed by atoms with van der Waals surface area (Å²) in [5.74, 6) is -1.38. The quantitative estimate of drug-likeness (QED) is 0.480. The van der Waals surface area contributed by atoms with E-state index in [0.29, 0.717) is 5.16 Å². The molecular formula is C5H5ClN4. The molecule has 0 aromatic rings. The third-order valence-corrected chi connectivity index (χ3v) is 1.20. The van der Waals surface area contributed by atoms with E-state index in [-0.39, 0.29) is 0 Å². The molecule has 1 aliphatic heterocycles. The van der Waals surface area contributed by atoms with E-state index in [0.717, 1.165) is 0 Å². The van der Waals surface area contributed by atoms with Crippen LogP contribution in [-0.2, 0) is 0 Å². The molecule has 5 heteroatoms. The zero-order chi connectivity index (χ0) is 7.61. The number of nitriles is 1. The minimum Gasteiger partial charge on any atom is -0.327 e. The van der Waals surface area contributed by atoms with Gasteiger partial charge in [0.15, 0.2) is 0 Å². The summed E-state index contributed by atoms with van der Waals surface area (Å²) in [6, 6.07) is 1.75. The molecular weight excluding hydrogens is 152 g/mol. The number of hydrogen-bond donors (Lipinski definition) is 2. The van der Waals surface area contributed by atoms with Crippen LogP contribution in [0.15, 0.2) is 16.2 Å². The number of aliphatic imine (C=N–C) groups is 1. The maximum Gasteiger partial charge on any atom is 0.274 e. The fourth-order valence-electron chi connectivity index (χ4n) is 0.533. The molecule has 3 N–H and O–H groups in total. The molecule has 1 aliphatic rings. The minimum absolute atomic E-state index is 0.319. The van der Waals surface area contributed by atoms with Gasteiger partial charge in [-0.2, -0.15) is 5.26 Å². The highest BCUT2D eigenvalue weighted by Crippen LogP contribution is 2.07. The van der Waals surface area contributed by atoms with E-state index in [9.17, 15) is 0 Å². The number of nitrogens with zero attached hydrogens (tertiary/aromatic N) is 2. The highest BCUT2D eigenvalue weighted by molar-refractivity contribution is 6.30. The highest BCUT2D eigenvalue weighted by Gasteiger charge is 2.24. The second-order valence-electron chi connectivity index (χ2n) is 1.80. The third kappa shape index (κ3) is 1.26. The molecule has 0 bridgehead atoms. The number of rotatable bonds is 0. The van der Waals surface area contributed by atoms with Gasteiger partial charge in [-0.3, -0.25) is 5.73 Å². The van der Waals surface area contributed by atoms with Gasteiger partial charge < -0.3 is 5.32 Å². The number of allylic oxidation sites excluding steroid dienone is 1. The lowest BCUT2D eigenvalue weighted by atomic mass is 10.4. The predicted octanol–water partition coefficient (Wildman–Crippen LogP) is -0.123. The van der Waals surface area contributed by atoms with Crippen LogP contribution in [0, 0.1) is 11.3 Å². The first-order valence-corrected chi connectivity index (χ1v) is 2.93. The minimum atomic E-state index is -1.38. The summed E-state index contributed by atoms with van der Waals surface area (Å²) in [7, 11) is 0. The van der Waals surface area contributed by atoms with Crippen LogP contribution in [0.1, 0.15) is 0 Å². The zero-order valence-electron chi connectivity index (χ0n) is 5.00.